The standard InChI is InChI=1S/C24H29ClF2N4O3Si/c1-15-11-29-24(33-13-15)30-16-9-18(26)22(19(27)10-16)34-20-5-6-28-23-21(20)17(25)12-31(23)14-32-7-8-35(2,3)4/h5-6,9-10,12,15H,7-8,11,13-14H2,1-4H3,(H,29,30). The first-order valence-corrected chi connectivity index (χ1v) is 15.5. The minimum Gasteiger partial charge on any atom is -0.465 e. The molecule has 3 heterocycles. The van der Waals surface area contributed by atoms with E-state index in [2.05, 4.69) is 34.9 Å². The Hall–Kier alpha value is -2.69. The average Bonchev–Trinajstić information content (AvgIpc) is 3.11. The zero-order valence-corrected chi connectivity index (χ0v) is 22.0. The highest BCUT2D eigenvalue weighted by molar-refractivity contribution is 6.76. The Morgan fingerprint density at radius 3 is 2.66 bits per heavy atom. The van der Waals surface area contributed by atoms with E-state index in [0.29, 0.717) is 41.7 Å². The highest BCUT2D eigenvalue weighted by Crippen LogP contribution is 2.37. The summed E-state index contributed by atoms with van der Waals surface area (Å²) in [4.78, 5) is 8.58. The molecule has 0 aliphatic carbocycles. The highest BCUT2D eigenvalue weighted by Gasteiger charge is 2.20. The van der Waals surface area contributed by atoms with Gasteiger partial charge in [-0.2, -0.15) is 0 Å². The number of anilines is 1. The van der Waals surface area contributed by atoms with E-state index in [9.17, 15) is 8.78 Å². The van der Waals surface area contributed by atoms with E-state index in [4.69, 9.17) is 25.8 Å². The quantitative estimate of drug-likeness (QED) is 0.270. The molecule has 0 bridgehead atoms. The number of ether oxygens (including phenoxy) is 3. The predicted molar refractivity (Wildman–Crippen MR) is 136 cm³/mol. The number of amidine groups is 1. The topological polar surface area (TPSA) is 69.9 Å². The summed E-state index contributed by atoms with van der Waals surface area (Å²) in [5.41, 5.74) is 0.668. The van der Waals surface area contributed by atoms with Crippen molar-refractivity contribution in [1.82, 2.24) is 9.55 Å². The second-order valence-corrected chi connectivity index (χ2v) is 15.9. The fourth-order valence-corrected chi connectivity index (χ4v) is 4.51. The van der Waals surface area contributed by atoms with Gasteiger partial charge in [0.1, 0.15) is 18.1 Å². The molecular formula is C24H29ClF2N4O3Si. The van der Waals surface area contributed by atoms with Crippen molar-refractivity contribution in [3.63, 3.8) is 0 Å². The van der Waals surface area contributed by atoms with Crippen LogP contribution in [0.2, 0.25) is 30.7 Å². The molecule has 1 aliphatic rings. The normalized spacial score (nSPS) is 16.2. The predicted octanol–water partition coefficient (Wildman–Crippen LogP) is 6.51. The van der Waals surface area contributed by atoms with Gasteiger partial charge in [-0.3, -0.25) is 0 Å². The summed E-state index contributed by atoms with van der Waals surface area (Å²) < 4.78 is 48.4. The first kappa shape index (κ1) is 25.4. The Balaban J connectivity index is 1.53. The van der Waals surface area contributed by atoms with Crippen LogP contribution in [0, 0.1) is 17.6 Å². The fourth-order valence-electron chi connectivity index (χ4n) is 3.46. The molecule has 0 radical (unpaired) electrons. The van der Waals surface area contributed by atoms with E-state index in [1.807, 2.05) is 6.92 Å². The first-order valence-electron chi connectivity index (χ1n) is 11.4. The van der Waals surface area contributed by atoms with E-state index in [-0.39, 0.29) is 24.2 Å². The number of nitrogens with one attached hydrogen (secondary N) is 1. The lowest BCUT2D eigenvalue weighted by atomic mass is 10.2. The number of fused-ring (bicyclic) bond motifs is 1. The van der Waals surface area contributed by atoms with Gasteiger partial charge in [0.2, 0.25) is 0 Å². The maximum atomic E-state index is 14.9. The molecule has 35 heavy (non-hydrogen) atoms. The number of pyridine rings is 1. The third kappa shape index (κ3) is 6.30. The molecule has 0 fully saturated rings. The Labute approximate surface area is 209 Å². The second kappa shape index (κ2) is 10.5. The molecule has 7 nitrogen and oxygen atoms in total. The number of halogens is 3. The van der Waals surface area contributed by atoms with Crippen LogP contribution in [0.5, 0.6) is 11.5 Å². The van der Waals surface area contributed by atoms with Crippen molar-refractivity contribution in [1.29, 1.82) is 0 Å². The van der Waals surface area contributed by atoms with Crippen LogP contribution in [0.3, 0.4) is 0 Å². The van der Waals surface area contributed by atoms with Crippen molar-refractivity contribution >= 4 is 42.4 Å². The molecule has 1 aromatic carbocycles. The molecule has 0 saturated heterocycles. The van der Waals surface area contributed by atoms with Crippen molar-refractivity contribution < 1.29 is 23.0 Å². The number of hydrogen-bond donors (Lipinski definition) is 1. The number of nitrogens with zero attached hydrogens (tertiary/aromatic N) is 3. The monoisotopic (exact) mass is 522 g/mol. The summed E-state index contributed by atoms with van der Waals surface area (Å²) in [6.07, 6.45) is 3.17. The van der Waals surface area contributed by atoms with Crippen molar-refractivity contribution in [2.24, 2.45) is 10.9 Å². The Kier molecular flexibility index (Phi) is 7.63. The molecule has 1 N–H and O–H groups in total. The van der Waals surface area contributed by atoms with Gasteiger partial charge < -0.3 is 24.1 Å². The lowest BCUT2D eigenvalue weighted by molar-refractivity contribution is 0.0899. The Morgan fingerprint density at radius 1 is 1.26 bits per heavy atom. The van der Waals surface area contributed by atoms with Crippen LogP contribution in [0.15, 0.2) is 35.6 Å². The van der Waals surface area contributed by atoms with Gasteiger partial charge in [-0.25, -0.2) is 18.8 Å². The first-order chi connectivity index (χ1) is 16.6. The van der Waals surface area contributed by atoms with Crippen LogP contribution >= 0.6 is 11.6 Å². The van der Waals surface area contributed by atoms with Crippen molar-refractivity contribution in [2.45, 2.75) is 39.3 Å². The van der Waals surface area contributed by atoms with Crippen LogP contribution in [-0.2, 0) is 16.2 Å². The maximum Gasteiger partial charge on any atom is 0.289 e. The fraction of sp³-hybridized carbons (Fsp3) is 0.417. The Morgan fingerprint density at radius 2 is 2.00 bits per heavy atom. The van der Waals surface area contributed by atoms with E-state index < -0.39 is 25.5 Å². The third-order valence-electron chi connectivity index (χ3n) is 5.41. The van der Waals surface area contributed by atoms with Crippen LogP contribution in [0.25, 0.3) is 11.0 Å². The van der Waals surface area contributed by atoms with Crippen molar-refractivity contribution in [2.75, 3.05) is 25.1 Å². The van der Waals surface area contributed by atoms with Gasteiger partial charge in [-0.15, -0.1) is 0 Å². The summed E-state index contributed by atoms with van der Waals surface area (Å²) in [6, 6.07) is 5.02. The van der Waals surface area contributed by atoms with E-state index >= 15 is 0 Å². The number of aliphatic imine (C=N–C) groups is 1. The zero-order chi connectivity index (χ0) is 25.2. The molecule has 4 rings (SSSR count). The summed E-state index contributed by atoms with van der Waals surface area (Å²) in [5.74, 6) is -1.83. The number of benzene rings is 1. The number of rotatable bonds is 8. The van der Waals surface area contributed by atoms with E-state index in [1.54, 1.807) is 10.8 Å². The lowest BCUT2D eigenvalue weighted by Crippen LogP contribution is -2.26. The van der Waals surface area contributed by atoms with Crippen molar-refractivity contribution in [3.05, 3.63) is 47.2 Å². The molecular weight excluding hydrogens is 494 g/mol. The summed E-state index contributed by atoms with van der Waals surface area (Å²) >= 11 is 6.44. The number of aromatic nitrogens is 2. The minimum absolute atomic E-state index is 0.167. The van der Waals surface area contributed by atoms with Gasteiger partial charge in [0.25, 0.3) is 6.02 Å². The molecule has 2 aromatic heterocycles. The van der Waals surface area contributed by atoms with Crippen LogP contribution in [-0.4, -0.2) is 43.4 Å². The molecule has 11 heteroatoms. The zero-order valence-electron chi connectivity index (χ0n) is 20.2. The van der Waals surface area contributed by atoms with Gasteiger partial charge in [0.05, 0.1) is 23.6 Å². The second-order valence-electron chi connectivity index (χ2n) is 9.86. The molecule has 188 valence electrons. The van der Waals surface area contributed by atoms with E-state index in [1.165, 1.54) is 12.3 Å². The maximum absolute atomic E-state index is 14.9. The molecule has 1 atom stereocenters. The molecule has 3 aromatic rings. The molecule has 1 aliphatic heterocycles. The van der Waals surface area contributed by atoms with Crippen LogP contribution < -0.4 is 10.1 Å². The highest BCUT2D eigenvalue weighted by atomic mass is 35.5. The van der Waals surface area contributed by atoms with Gasteiger partial charge in [-0.1, -0.05) is 38.2 Å². The SMILES string of the molecule is CC1CN=C(Nc2cc(F)c(Oc3ccnc4c3c(Cl)cn4COCC[Si](C)(C)C)c(F)c2)OC1. The van der Waals surface area contributed by atoms with Gasteiger partial charge in [0, 0.05) is 50.8 Å². The van der Waals surface area contributed by atoms with Gasteiger partial charge in [-0.05, 0) is 12.1 Å². The van der Waals surface area contributed by atoms with Gasteiger partial charge in [0.15, 0.2) is 17.4 Å². The van der Waals surface area contributed by atoms with Crippen LogP contribution in [0.1, 0.15) is 6.92 Å². The average molecular weight is 523 g/mol. The summed E-state index contributed by atoms with van der Waals surface area (Å²) in [5, 5.41) is 3.59. The summed E-state index contributed by atoms with van der Waals surface area (Å²) in [6.45, 7) is 10.8. The molecule has 0 saturated carbocycles. The Bertz CT molecular complexity index is 1220. The molecule has 0 amide bonds. The molecule has 0 spiro atoms. The van der Waals surface area contributed by atoms with Crippen molar-refractivity contribution in [3.8, 4) is 11.5 Å². The minimum atomic E-state index is -1.21. The number of hydrogen-bond acceptors (Lipinski definition) is 6. The molecule has 1 unspecified atom stereocenters. The van der Waals surface area contributed by atoms with E-state index in [0.717, 1.165) is 18.2 Å². The summed E-state index contributed by atoms with van der Waals surface area (Å²) in [7, 11) is -1.21. The largest absolute Gasteiger partial charge is 0.465 e. The lowest BCUT2D eigenvalue weighted by Gasteiger charge is -2.20. The smallest absolute Gasteiger partial charge is 0.289 e. The van der Waals surface area contributed by atoms with Crippen LogP contribution in [0.4, 0.5) is 14.5 Å². The third-order valence-corrected chi connectivity index (χ3v) is 7.40. The van der Waals surface area contributed by atoms with Gasteiger partial charge >= 0.3 is 0 Å².